The molecule has 5 nitrogen and oxygen atoms in total. The second-order valence-corrected chi connectivity index (χ2v) is 4.25. The first-order chi connectivity index (χ1) is 6.88. The summed E-state index contributed by atoms with van der Waals surface area (Å²) in [5.74, 6) is 0.575. The Kier molecular flexibility index (Phi) is 5.74. The molecule has 0 saturated carbocycles. The molecular weight excluding hydrogens is 194 g/mol. The van der Waals surface area contributed by atoms with E-state index in [9.17, 15) is 4.79 Å². The highest BCUT2D eigenvalue weighted by molar-refractivity contribution is 5.81. The Bertz CT molecular complexity index is 239. The fourth-order valence-electron chi connectivity index (χ4n) is 1.22. The van der Waals surface area contributed by atoms with Crippen LogP contribution in [0.2, 0.25) is 0 Å². The van der Waals surface area contributed by atoms with Crippen molar-refractivity contribution in [2.24, 2.45) is 16.8 Å². The van der Waals surface area contributed by atoms with E-state index in [2.05, 4.69) is 5.16 Å². The SMILES string of the molecule is CC(C)CC(=O)N(C)C(C)CC(N)=NO. The van der Waals surface area contributed by atoms with Crippen molar-refractivity contribution in [3.05, 3.63) is 0 Å². The van der Waals surface area contributed by atoms with E-state index in [4.69, 9.17) is 10.9 Å². The topological polar surface area (TPSA) is 78.9 Å². The molecule has 15 heavy (non-hydrogen) atoms. The highest BCUT2D eigenvalue weighted by Crippen LogP contribution is 2.07. The second kappa shape index (κ2) is 6.27. The second-order valence-electron chi connectivity index (χ2n) is 4.25. The first-order valence-electron chi connectivity index (χ1n) is 5.10. The van der Waals surface area contributed by atoms with Crippen LogP contribution in [-0.2, 0) is 4.79 Å². The molecule has 0 aromatic heterocycles. The lowest BCUT2D eigenvalue weighted by atomic mass is 10.1. The van der Waals surface area contributed by atoms with Crippen molar-refractivity contribution >= 4 is 11.7 Å². The molecule has 5 heteroatoms. The third kappa shape index (κ3) is 5.24. The number of hydrogen-bond acceptors (Lipinski definition) is 3. The maximum Gasteiger partial charge on any atom is 0.222 e. The monoisotopic (exact) mass is 215 g/mol. The molecule has 3 N–H and O–H groups in total. The highest BCUT2D eigenvalue weighted by Gasteiger charge is 2.17. The Balaban J connectivity index is 4.19. The minimum atomic E-state index is -0.0489. The maximum absolute atomic E-state index is 11.6. The third-order valence-corrected chi connectivity index (χ3v) is 2.27. The summed E-state index contributed by atoms with van der Waals surface area (Å²) in [5.41, 5.74) is 5.38. The van der Waals surface area contributed by atoms with E-state index < -0.39 is 0 Å². The Hall–Kier alpha value is -1.26. The van der Waals surface area contributed by atoms with Gasteiger partial charge in [0, 0.05) is 25.9 Å². The van der Waals surface area contributed by atoms with Crippen molar-refractivity contribution in [1.29, 1.82) is 0 Å². The van der Waals surface area contributed by atoms with E-state index >= 15 is 0 Å². The smallest absolute Gasteiger partial charge is 0.222 e. The highest BCUT2D eigenvalue weighted by atomic mass is 16.4. The molecule has 0 aromatic carbocycles. The Morgan fingerprint density at radius 1 is 1.40 bits per heavy atom. The van der Waals surface area contributed by atoms with Crippen LogP contribution in [0.25, 0.3) is 0 Å². The molecule has 88 valence electrons. The molecule has 1 unspecified atom stereocenters. The summed E-state index contributed by atoms with van der Waals surface area (Å²) in [6.45, 7) is 5.87. The zero-order valence-corrected chi connectivity index (χ0v) is 9.90. The van der Waals surface area contributed by atoms with E-state index in [0.717, 1.165) is 0 Å². The van der Waals surface area contributed by atoms with Gasteiger partial charge in [0.05, 0.1) is 0 Å². The average molecular weight is 215 g/mol. The van der Waals surface area contributed by atoms with Gasteiger partial charge in [0.2, 0.25) is 5.91 Å². The zero-order chi connectivity index (χ0) is 12.0. The standard InChI is InChI=1S/C10H21N3O2/c1-7(2)5-10(14)13(4)8(3)6-9(11)12-15/h7-8,15H,5-6H2,1-4H3,(H2,11,12). The first-order valence-corrected chi connectivity index (χ1v) is 5.10. The van der Waals surface area contributed by atoms with Gasteiger partial charge in [-0.2, -0.15) is 0 Å². The van der Waals surface area contributed by atoms with Crippen molar-refractivity contribution in [3.63, 3.8) is 0 Å². The predicted octanol–water partition coefficient (Wildman–Crippen LogP) is 1.02. The molecule has 0 aliphatic rings. The number of amidine groups is 1. The number of hydrogen-bond donors (Lipinski definition) is 2. The van der Waals surface area contributed by atoms with Gasteiger partial charge in [0.25, 0.3) is 0 Å². The van der Waals surface area contributed by atoms with Crippen LogP contribution in [0.15, 0.2) is 5.16 Å². The molecule has 0 aliphatic carbocycles. The molecule has 0 spiro atoms. The first kappa shape index (κ1) is 13.7. The number of carbonyl (C=O) groups excluding carboxylic acids is 1. The number of amides is 1. The number of rotatable bonds is 5. The van der Waals surface area contributed by atoms with Gasteiger partial charge < -0.3 is 15.8 Å². The summed E-state index contributed by atoms with van der Waals surface area (Å²) in [6.07, 6.45) is 0.911. The van der Waals surface area contributed by atoms with Crippen molar-refractivity contribution in [2.45, 2.75) is 39.7 Å². The fraction of sp³-hybridized carbons (Fsp3) is 0.800. The van der Waals surface area contributed by atoms with Crippen molar-refractivity contribution in [3.8, 4) is 0 Å². The van der Waals surface area contributed by atoms with E-state index in [-0.39, 0.29) is 17.8 Å². The predicted molar refractivity (Wildman–Crippen MR) is 59.7 cm³/mol. The van der Waals surface area contributed by atoms with Crippen LogP contribution in [0.3, 0.4) is 0 Å². The van der Waals surface area contributed by atoms with Crippen LogP contribution in [0.4, 0.5) is 0 Å². The van der Waals surface area contributed by atoms with Crippen LogP contribution >= 0.6 is 0 Å². The lowest BCUT2D eigenvalue weighted by molar-refractivity contribution is -0.132. The lowest BCUT2D eigenvalue weighted by Crippen LogP contribution is -2.38. The Morgan fingerprint density at radius 3 is 2.33 bits per heavy atom. The summed E-state index contributed by atoms with van der Waals surface area (Å²) >= 11 is 0. The minimum Gasteiger partial charge on any atom is -0.409 e. The van der Waals surface area contributed by atoms with Crippen LogP contribution in [0.1, 0.15) is 33.6 Å². The summed E-state index contributed by atoms with van der Waals surface area (Å²) < 4.78 is 0. The summed E-state index contributed by atoms with van der Waals surface area (Å²) in [6, 6.07) is -0.0489. The van der Waals surface area contributed by atoms with Crippen LogP contribution in [-0.4, -0.2) is 34.9 Å². The van der Waals surface area contributed by atoms with Gasteiger partial charge >= 0.3 is 0 Å². The minimum absolute atomic E-state index is 0.0489. The van der Waals surface area contributed by atoms with Crippen LogP contribution in [0.5, 0.6) is 0 Å². The molecule has 0 aliphatic heterocycles. The number of carbonyl (C=O) groups is 1. The number of nitrogens with zero attached hydrogens (tertiary/aromatic N) is 2. The van der Waals surface area contributed by atoms with E-state index in [1.165, 1.54) is 0 Å². The van der Waals surface area contributed by atoms with E-state index in [1.54, 1.807) is 11.9 Å². The van der Waals surface area contributed by atoms with Gasteiger partial charge in [0.15, 0.2) is 0 Å². The van der Waals surface area contributed by atoms with Crippen molar-refractivity contribution in [2.75, 3.05) is 7.05 Å². The van der Waals surface area contributed by atoms with Gasteiger partial charge in [-0.25, -0.2) is 0 Å². The summed E-state index contributed by atoms with van der Waals surface area (Å²) in [5, 5.41) is 11.3. The molecule has 0 heterocycles. The van der Waals surface area contributed by atoms with E-state index in [1.807, 2.05) is 20.8 Å². The number of nitrogens with two attached hydrogens (primary N) is 1. The van der Waals surface area contributed by atoms with Gasteiger partial charge in [-0.05, 0) is 12.8 Å². The lowest BCUT2D eigenvalue weighted by Gasteiger charge is -2.25. The fourth-order valence-corrected chi connectivity index (χ4v) is 1.22. The van der Waals surface area contributed by atoms with Crippen molar-refractivity contribution in [1.82, 2.24) is 4.90 Å². The van der Waals surface area contributed by atoms with Crippen LogP contribution in [0, 0.1) is 5.92 Å². The molecule has 0 aromatic rings. The normalized spacial score (nSPS) is 14.1. The summed E-state index contributed by atoms with van der Waals surface area (Å²) in [7, 11) is 1.74. The zero-order valence-electron chi connectivity index (χ0n) is 9.90. The molecular formula is C10H21N3O2. The van der Waals surface area contributed by atoms with Crippen molar-refractivity contribution < 1.29 is 10.0 Å². The van der Waals surface area contributed by atoms with Gasteiger partial charge in [-0.15, -0.1) is 0 Å². The molecule has 0 saturated heterocycles. The molecule has 1 amide bonds. The molecule has 1 atom stereocenters. The maximum atomic E-state index is 11.6. The molecule has 0 radical (unpaired) electrons. The quantitative estimate of drug-likeness (QED) is 0.311. The van der Waals surface area contributed by atoms with Gasteiger partial charge in [-0.3, -0.25) is 4.79 Å². The van der Waals surface area contributed by atoms with Gasteiger partial charge in [-0.1, -0.05) is 19.0 Å². The number of oxime groups is 1. The molecule has 0 fully saturated rings. The average Bonchev–Trinajstić information content (AvgIpc) is 2.15. The summed E-state index contributed by atoms with van der Waals surface area (Å²) in [4.78, 5) is 13.3. The van der Waals surface area contributed by atoms with Gasteiger partial charge in [0.1, 0.15) is 5.84 Å². The van der Waals surface area contributed by atoms with Crippen LogP contribution < -0.4 is 5.73 Å². The largest absolute Gasteiger partial charge is 0.409 e. The van der Waals surface area contributed by atoms with E-state index in [0.29, 0.717) is 18.8 Å². The molecule has 0 bridgehead atoms. The molecule has 0 rings (SSSR count). The Labute approximate surface area is 90.9 Å². The third-order valence-electron chi connectivity index (χ3n) is 2.27. The Morgan fingerprint density at radius 2 is 1.93 bits per heavy atom.